The van der Waals surface area contributed by atoms with Crippen LogP contribution in [0.2, 0.25) is 0 Å². The van der Waals surface area contributed by atoms with Gasteiger partial charge in [-0.15, -0.1) is 0 Å². The normalized spacial score (nSPS) is 33.5. The lowest BCUT2D eigenvalue weighted by molar-refractivity contribution is -0.178. The Morgan fingerprint density at radius 2 is 1.79 bits per heavy atom. The molecule has 1 amide bonds. The summed E-state index contributed by atoms with van der Waals surface area (Å²) in [6.45, 7) is 0. The number of hydrogen-bond acceptors (Lipinski definition) is 9. The number of rotatable bonds is 3. The van der Waals surface area contributed by atoms with Gasteiger partial charge in [-0.2, -0.15) is 0 Å². The van der Waals surface area contributed by atoms with Crippen LogP contribution in [0.15, 0.2) is 23.5 Å². The number of ketones is 2. The Hall–Kier alpha value is -2.95. The van der Waals surface area contributed by atoms with Gasteiger partial charge in [0.2, 0.25) is 5.91 Å². The van der Waals surface area contributed by atoms with Gasteiger partial charge in [-0.1, -0.05) is 0 Å². The Bertz CT molecular complexity index is 1100. The number of hydrogen-bond donors (Lipinski definition) is 5. The maximum Gasteiger partial charge on any atom is 0.230 e. The second kappa shape index (κ2) is 7.54. The van der Waals surface area contributed by atoms with Gasteiger partial charge >= 0.3 is 0 Å². The maximum atomic E-state index is 13.5. The highest BCUT2D eigenvalue weighted by molar-refractivity contribution is 6.16. The minimum absolute atomic E-state index is 0.0138. The van der Waals surface area contributed by atoms with Crippen LogP contribution in [0.25, 0.3) is 0 Å². The molecule has 0 spiro atoms. The minimum Gasteiger partial charge on any atom is -0.508 e. The van der Waals surface area contributed by atoms with E-state index >= 15 is 0 Å². The van der Waals surface area contributed by atoms with Gasteiger partial charge in [0.1, 0.15) is 17.4 Å². The van der Waals surface area contributed by atoms with E-state index in [1.165, 1.54) is 6.07 Å². The van der Waals surface area contributed by atoms with E-state index < -0.39 is 58.7 Å². The summed E-state index contributed by atoms with van der Waals surface area (Å²) in [5.41, 5.74) is 4.00. The van der Waals surface area contributed by atoms with E-state index in [0.717, 1.165) is 5.69 Å². The van der Waals surface area contributed by atoms with Crippen molar-refractivity contribution < 1.29 is 34.8 Å². The second-order valence-electron chi connectivity index (χ2n) is 9.64. The molecule has 1 fully saturated rings. The molecule has 1 aromatic rings. The molecule has 4 unspecified atom stereocenters. The van der Waals surface area contributed by atoms with Crippen molar-refractivity contribution in [2.75, 3.05) is 33.1 Å². The van der Waals surface area contributed by atoms with E-state index in [1.54, 1.807) is 25.1 Å². The predicted molar refractivity (Wildman–Crippen MR) is 118 cm³/mol. The van der Waals surface area contributed by atoms with E-state index in [4.69, 9.17) is 5.73 Å². The molecule has 33 heavy (non-hydrogen) atoms. The Morgan fingerprint density at radius 1 is 1.15 bits per heavy atom. The van der Waals surface area contributed by atoms with E-state index in [0.29, 0.717) is 5.56 Å². The van der Waals surface area contributed by atoms with Crippen LogP contribution in [-0.4, -0.2) is 88.7 Å². The number of allylic oxidation sites excluding steroid dienone is 1. The summed E-state index contributed by atoms with van der Waals surface area (Å²) in [5.74, 6) is -7.33. The molecule has 0 radical (unpaired) electrons. The number of phenolic OH excluding ortho intramolecular Hbond substituents is 1. The molecular formula is C23H29N3O7. The molecule has 0 heterocycles. The van der Waals surface area contributed by atoms with Crippen molar-refractivity contribution in [1.82, 2.24) is 4.90 Å². The molecule has 1 saturated carbocycles. The SMILES string of the molecule is CN(C)c1ccc(O)c2c1CC1CC3[C@H](N(C)C)C(O)C(C(N)=O)C(=O)[C@@]3(O)C(O)=C1C2=O. The summed E-state index contributed by atoms with van der Waals surface area (Å²) in [6.07, 6.45) is -1.11. The summed E-state index contributed by atoms with van der Waals surface area (Å²) < 4.78 is 0. The van der Waals surface area contributed by atoms with Gasteiger partial charge in [0, 0.05) is 37.3 Å². The largest absolute Gasteiger partial charge is 0.508 e. The van der Waals surface area contributed by atoms with E-state index in [2.05, 4.69) is 0 Å². The number of anilines is 1. The summed E-state index contributed by atoms with van der Waals surface area (Å²) in [4.78, 5) is 42.2. The number of nitrogens with two attached hydrogens (primary N) is 1. The van der Waals surface area contributed by atoms with Crippen molar-refractivity contribution in [2.24, 2.45) is 23.5 Å². The number of phenols is 1. The van der Waals surface area contributed by atoms with Crippen LogP contribution in [0.1, 0.15) is 22.3 Å². The third-order valence-corrected chi connectivity index (χ3v) is 7.43. The van der Waals surface area contributed by atoms with Crippen molar-refractivity contribution in [3.8, 4) is 5.75 Å². The monoisotopic (exact) mass is 459 g/mol. The Kier molecular flexibility index (Phi) is 5.31. The molecule has 3 aliphatic carbocycles. The Morgan fingerprint density at radius 3 is 2.33 bits per heavy atom. The molecule has 10 nitrogen and oxygen atoms in total. The molecule has 6 atom stereocenters. The second-order valence-corrected chi connectivity index (χ2v) is 9.64. The van der Waals surface area contributed by atoms with Crippen LogP contribution in [0.5, 0.6) is 5.75 Å². The number of fused-ring (bicyclic) bond motifs is 3. The molecule has 0 saturated heterocycles. The molecular weight excluding hydrogens is 430 g/mol. The minimum atomic E-state index is -2.57. The molecule has 1 aromatic carbocycles. The van der Waals surface area contributed by atoms with Crippen LogP contribution < -0.4 is 10.6 Å². The lowest BCUT2D eigenvalue weighted by Crippen LogP contribution is -2.71. The maximum absolute atomic E-state index is 13.5. The first-order valence-corrected chi connectivity index (χ1v) is 10.7. The van der Waals surface area contributed by atoms with Gasteiger partial charge in [0.05, 0.1) is 11.7 Å². The van der Waals surface area contributed by atoms with Crippen molar-refractivity contribution in [3.05, 3.63) is 34.6 Å². The number of amides is 1. The van der Waals surface area contributed by atoms with Crippen molar-refractivity contribution in [3.63, 3.8) is 0 Å². The molecule has 0 bridgehead atoms. The smallest absolute Gasteiger partial charge is 0.230 e. The number of likely N-dealkylation sites (N-methyl/N-ethyl adjacent to an activating group) is 1. The molecule has 4 rings (SSSR count). The number of Topliss-reactive ketones (excluding diaryl/α,β-unsaturated/α-hetero) is 2. The fraction of sp³-hybridized carbons (Fsp3) is 0.522. The Balaban J connectivity index is 1.95. The van der Waals surface area contributed by atoms with Crippen molar-refractivity contribution >= 4 is 23.2 Å². The van der Waals surface area contributed by atoms with E-state index in [-0.39, 0.29) is 29.7 Å². The van der Waals surface area contributed by atoms with Gasteiger partial charge in [0.15, 0.2) is 17.2 Å². The standard InChI is InChI=1S/C23H29N3O7/c1-25(2)12-5-6-13(27)15-10(12)7-9-8-11-17(26(3)4)19(29)16(22(24)32)21(31)23(11,33)20(30)14(9)18(15)28/h5-6,9,11,16-17,19,27,29-30,33H,7-8H2,1-4H3,(H2,24,32)/t9?,11?,16?,17-,19?,23-/m0/s1. The number of aliphatic hydroxyl groups excluding tert-OH is 2. The highest BCUT2D eigenvalue weighted by Crippen LogP contribution is 2.53. The van der Waals surface area contributed by atoms with Gasteiger partial charge in [-0.05, 0) is 50.6 Å². The third-order valence-electron chi connectivity index (χ3n) is 7.43. The summed E-state index contributed by atoms with van der Waals surface area (Å²) in [7, 11) is 6.87. The molecule has 3 aliphatic rings. The van der Waals surface area contributed by atoms with Gasteiger partial charge in [-0.3, -0.25) is 14.4 Å². The summed E-state index contributed by atoms with van der Waals surface area (Å²) in [6, 6.07) is 2.20. The highest BCUT2D eigenvalue weighted by atomic mass is 16.3. The summed E-state index contributed by atoms with van der Waals surface area (Å²) >= 11 is 0. The van der Waals surface area contributed by atoms with Crippen molar-refractivity contribution in [1.29, 1.82) is 0 Å². The van der Waals surface area contributed by atoms with Crippen molar-refractivity contribution in [2.45, 2.75) is 30.6 Å². The van der Waals surface area contributed by atoms with Gasteiger partial charge in [-0.25, -0.2) is 0 Å². The number of nitrogens with zero attached hydrogens (tertiary/aromatic N) is 2. The Labute approximate surface area is 190 Å². The number of aliphatic hydroxyl groups is 3. The zero-order valence-corrected chi connectivity index (χ0v) is 18.9. The highest BCUT2D eigenvalue weighted by Gasteiger charge is 2.66. The number of benzene rings is 1. The van der Waals surface area contributed by atoms with Crippen LogP contribution in [0.4, 0.5) is 5.69 Å². The van der Waals surface area contributed by atoms with Gasteiger partial charge in [0.25, 0.3) is 0 Å². The fourth-order valence-corrected chi connectivity index (χ4v) is 6.01. The lowest BCUT2D eigenvalue weighted by Gasteiger charge is -2.53. The molecule has 178 valence electrons. The van der Waals surface area contributed by atoms with Gasteiger partial charge < -0.3 is 36.0 Å². The average molecular weight is 459 g/mol. The average Bonchev–Trinajstić information content (AvgIpc) is 2.70. The molecule has 0 aromatic heterocycles. The quantitative estimate of drug-likeness (QED) is 0.369. The van der Waals surface area contributed by atoms with E-state index in [9.17, 15) is 34.8 Å². The van der Waals surface area contributed by atoms with Crippen LogP contribution >= 0.6 is 0 Å². The first-order valence-electron chi connectivity index (χ1n) is 10.7. The zero-order chi connectivity index (χ0) is 24.6. The number of carbonyl (C=O) groups is 3. The fourth-order valence-electron chi connectivity index (χ4n) is 6.01. The third kappa shape index (κ3) is 3.01. The number of aromatic hydroxyl groups is 1. The molecule has 0 aliphatic heterocycles. The first-order chi connectivity index (χ1) is 15.3. The number of primary amides is 1. The first kappa shape index (κ1) is 23.2. The predicted octanol–water partition coefficient (Wildman–Crippen LogP) is -0.648. The molecule has 10 heteroatoms. The van der Waals surface area contributed by atoms with Crippen LogP contribution in [0, 0.1) is 17.8 Å². The topological polar surface area (TPSA) is 165 Å². The summed E-state index contributed by atoms with van der Waals surface area (Å²) in [5, 5.41) is 44.1. The zero-order valence-electron chi connectivity index (χ0n) is 18.9. The lowest BCUT2D eigenvalue weighted by atomic mass is 9.56. The van der Waals surface area contributed by atoms with E-state index in [1.807, 2.05) is 19.0 Å². The molecule has 6 N–H and O–H groups in total. The van der Waals surface area contributed by atoms with Crippen LogP contribution in [-0.2, 0) is 16.0 Å². The van der Waals surface area contributed by atoms with Crippen LogP contribution in [0.3, 0.4) is 0 Å². The number of carbonyl (C=O) groups excluding carboxylic acids is 3.